The Balaban J connectivity index is 1.11. The summed E-state index contributed by atoms with van der Waals surface area (Å²) in [6.45, 7) is 3.42. The van der Waals surface area contributed by atoms with E-state index in [0.29, 0.717) is 99.1 Å². The highest BCUT2D eigenvalue weighted by Crippen LogP contribution is 2.38. The summed E-state index contributed by atoms with van der Waals surface area (Å²) < 4.78 is 80.2. The Morgan fingerprint density at radius 2 is 1.76 bits per heavy atom. The van der Waals surface area contributed by atoms with Crippen molar-refractivity contribution < 1.29 is 45.8 Å². The fourth-order valence-corrected chi connectivity index (χ4v) is 7.21. The predicted molar refractivity (Wildman–Crippen MR) is 195 cm³/mol. The number of amides is 1. The number of hydrogen-bond donors (Lipinski definition) is 2. The number of carbonyl (C=O) groups excluding carboxylic acids is 1. The van der Waals surface area contributed by atoms with Gasteiger partial charge in [0.1, 0.15) is 34.7 Å². The fraction of sp³-hybridized carbons (Fsp3) is 0.444. The summed E-state index contributed by atoms with van der Waals surface area (Å²) in [5.74, 6) is -1.08. The summed E-state index contributed by atoms with van der Waals surface area (Å²) in [5, 5.41) is 0.333. The molecule has 0 spiro atoms. The number of benzene rings is 2. The van der Waals surface area contributed by atoms with Crippen molar-refractivity contribution in [1.29, 1.82) is 0 Å². The van der Waals surface area contributed by atoms with E-state index in [1.54, 1.807) is 12.1 Å². The number of hydroxylamine groups is 1. The molecule has 3 aliphatic rings. The molecule has 1 amide bonds. The van der Waals surface area contributed by atoms with Crippen molar-refractivity contribution in [2.75, 3.05) is 73.9 Å². The molecule has 1 unspecified atom stereocenters. The number of sulfonamides is 1. The molecule has 0 aliphatic carbocycles. The van der Waals surface area contributed by atoms with Gasteiger partial charge in [-0.15, -0.1) is 0 Å². The lowest BCUT2D eigenvalue weighted by molar-refractivity contribution is -0.186. The van der Waals surface area contributed by atoms with Gasteiger partial charge in [-0.2, -0.15) is 0 Å². The second-order valence-corrected chi connectivity index (χ2v) is 15.0. The first-order valence-electron chi connectivity index (χ1n) is 17.7. The molecular weight excluding hydrogens is 729 g/mol. The van der Waals surface area contributed by atoms with Crippen LogP contribution in [0.1, 0.15) is 42.5 Å². The summed E-state index contributed by atoms with van der Waals surface area (Å²) in [6, 6.07) is 8.41. The lowest BCUT2D eigenvalue weighted by Crippen LogP contribution is -2.39. The minimum atomic E-state index is -3.70. The molecule has 5 heterocycles. The van der Waals surface area contributed by atoms with Crippen molar-refractivity contribution in [3.05, 3.63) is 59.8 Å². The minimum Gasteiger partial charge on any atom is -0.488 e. The zero-order valence-corrected chi connectivity index (χ0v) is 30.7. The SMILES string of the molecule is COc1ncc(-c2nc(N3CCOCC3)nc3c(OC4CCN(c5ccc(C(=O)NOC6CCCCO6)cc5F)CC4)cc(F)cc23)cc1NS(C)(=O)=O. The number of anilines is 3. The van der Waals surface area contributed by atoms with E-state index in [2.05, 4.69) is 15.2 Å². The molecule has 288 valence electrons. The van der Waals surface area contributed by atoms with Crippen LogP contribution in [0.4, 0.5) is 26.1 Å². The van der Waals surface area contributed by atoms with E-state index in [9.17, 15) is 13.2 Å². The van der Waals surface area contributed by atoms with Crippen LogP contribution in [0.15, 0.2) is 42.6 Å². The molecule has 18 heteroatoms. The summed E-state index contributed by atoms with van der Waals surface area (Å²) in [4.78, 5) is 35.7. The maximum atomic E-state index is 15.4. The maximum absolute atomic E-state index is 15.4. The van der Waals surface area contributed by atoms with Crippen LogP contribution in [-0.2, 0) is 24.3 Å². The summed E-state index contributed by atoms with van der Waals surface area (Å²) >= 11 is 0. The Hall–Kier alpha value is -4.91. The number of halogens is 2. The van der Waals surface area contributed by atoms with E-state index in [1.807, 2.05) is 9.80 Å². The van der Waals surface area contributed by atoms with Gasteiger partial charge in [0.15, 0.2) is 6.29 Å². The van der Waals surface area contributed by atoms with E-state index in [-0.39, 0.29) is 29.0 Å². The Kier molecular flexibility index (Phi) is 11.2. The van der Waals surface area contributed by atoms with Crippen LogP contribution in [0, 0.1) is 11.6 Å². The molecule has 1 atom stereocenters. The molecule has 2 N–H and O–H groups in total. The monoisotopic (exact) mass is 769 g/mol. The Morgan fingerprint density at radius 3 is 2.46 bits per heavy atom. The second-order valence-electron chi connectivity index (χ2n) is 13.2. The number of piperidine rings is 1. The van der Waals surface area contributed by atoms with Gasteiger partial charge in [-0.1, -0.05) is 0 Å². The largest absolute Gasteiger partial charge is 0.488 e. The normalized spacial score (nSPS) is 18.4. The third-order valence-corrected chi connectivity index (χ3v) is 9.92. The van der Waals surface area contributed by atoms with Crippen LogP contribution < -0.4 is 29.5 Å². The van der Waals surface area contributed by atoms with Crippen LogP contribution in [-0.4, -0.2) is 101 Å². The van der Waals surface area contributed by atoms with Gasteiger partial charge in [0.05, 0.1) is 38.0 Å². The number of ether oxygens (including phenoxy) is 4. The molecule has 2 aromatic heterocycles. The molecule has 15 nitrogen and oxygen atoms in total. The summed E-state index contributed by atoms with van der Waals surface area (Å²) in [6.07, 6.45) is 5.14. The van der Waals surface area contributed by atoms with Crippen molar-refractivity contribution in [2.45, 2.75) is 44.5 Å². The number of nitrogens with zero attached hydrogens (tertiary/aromatic N) is 5. The summed E-state index contributed by atoms with van der Waals surface area (Å²) in [7, 11) is -2.33. The van der Waals surface area contributed by atoms with Gasteiger partial charge >= 0.3 is 0 Å². The molecule has 7 rings (SSSR count). The predicted octanol–water partition coefficient (Wildman–Crippen LogP) is 4.42. The highest BCUT2D eigenvalue weighted by atomic mass is 32.2. The number of methoxy groups -OCH3 is 1. The van der Waals surface area contributed by atoms with Crippen molar-refractivity contribution in [3.8, 4) is 22.9 Å². The molecule has 54 heavy (non-hydrogen) atoms. The Morgan fingerprint density at radius 1 is 0.963 bits per heavy atom. The first-order chi connectivity index (χ1) is 26.0. The van der Waals surface area contributed by atoms with Crippen LogP contribution >= 0.6 is 0 Å². The topological polar surface area (TPSA) is 167 Å². The van der Waals surface area contributed by atoms with Gasteiger partial charge < -0.3 is 28.7 Å². The van der Waals surface area contributed by atoms with Gasteiger partial charge in [0.25, 0.3) is 5.91 Å². The van der Waals surface area contributed by atoms with Crippen LogP contribution in [0.5, 0.6) is 11.6 Å². The number of hydrogen-bond acceptors (Lipinski definition) is 13. The lowest BCUT2D eigenvalue weighted by Gasteiger charge is -2.34. The van der Waals surface area contributed by atoms with Gasteiger partial charge in [0.2, 0.25) is 21.9 Å². The van der Waals surface area contributed by atoms with Gasteiger partial charge in [-0.25, -0.2) is 42.5 Å². The Bertz CT molecular complexity index is 2110. The van der Waals surface area contributed by atoms with Gasteiger partial charge in [-0.3, -0.25) is 9.52 Å². The van der Waals surface area contributed by atoms with Crippen molar-refractivity contribution in [3.63, 3.8) is 0 Å². The standard InChI is InChI=1S/C36H41F2N7O8S/c1-49-35-28(43-54(2,47)48)18-23(21-39-35)32-26-19-24(37)20-30(33(26)41-36(40-32)45-12-15-50-16-13-45)52-25-8-10-44(11-9-25)29-7-6-22(17-27(29)38)34(46)42-53-31-5-3-4-14-51-31/h6-7,17-21,25,31,43H,3-5,8-16H2,1-2H3,(H,42,46). The van der Waals surface area contributed by atoms with E-state index in [4.69, 9.17) is 33.8 Å². The van der Waals surface area contributed by atoms with Gasteiger partial charge in [-0.05, 0) is 43.2 Å². The van der Waals surface area contributed by atoms with Crippen molar-refractivity contribution in [2.24, 2.45) is 0 Å². The van der Waals surface area contributed by atoms with Crippen LogP contribution in [0.3, 0.4) is 0 Å². The highest BCUT2D eigenvalue weighted by molar-refractivity contribution is 7.92. The molecule has 3 aliphatic heterocycles. The van der Waals surface area contributed by atoms with Crippen LogP contribution in [0.25, 0.3) is 22.2 Å². The Labute approximate surface area is 310 Å². The van der Waals surface area contributed by atoms with E-state index in [0.717, 1.165) is 19.1 Å². The molecule has 4 aromatic rings. The zero-order chi connectivity index (χ0) is 37.8. The van der Waals surface area contributed by atoms with Crippen LogP contribution in [0.2, 0.25) is 0 Å². The number of fused-ring (bicyclic) bond motifs is 1. The highest BCUT2D eigenvalue weighted by Gasteiger charge is 2.27. The number of nitrogens with one attached hydrogen (secondary N) is 2. The summed E-state index contributed by atoms with van der Waals surface area (Å²) in [5.41, 5.74) is 3.98. The number of pyridine rings is 1. The second kappa shape index (κ2) is 16.2. The first kappa shape index (κ1) is 37.4. The van der Waals surface area contributed by atoms with E-state index < -0.39 is 33.9 Å². The molecule has 3 fully saturated rings. The quantitative estimate of drug-likeness (QED) is 0.206. The molecule has 0 radical (unpaired) electrons. The maximum Gasteiger partial charge on any atom is 0.275 e. The van der Waals surface area contributed by atoms with E-state index >= 15 is 8.78 Å². The number of rotatable bonds is 11. The molecule has 2 aromatic carbocycles. The average Bonchev–Trinajstić information content (AvgIpc) is 3.17. The van der Waals surface area contributed by atoms with Gasteiger partial charge in [0, 0.05) is 80.8 Å². The molecule has 3 saturated heterocycles. The minimum absolute atomic E-state index is 0.0498. The third-order valence-electron chi connectivity index (χ3n) is 9.33. The van der Waals surface area contributed by atoms with E-state index in [1.165, 1.54) is 37.6 Å². The average molecular weight is 770 g/mol. The third kappa shape index (κ3) is 8.72. The smallest absolute Gasteiger partial charge is 0.275 e. The fourth-order valence-electron chi connectivity index (χ4n) is 6.67. The zero-order valence-electron chi connectivity index (χ0n) is 29.8. The van der Waals surface area contributed by atoms with Crippen molar-refractivity contribution >= 4 is 44.2 Å². The molecule has 0 saturated carbocycles. The number of morpholine rings is 1. The number of carbonyl (C=O) groups is 1. The lowest BCUT2D eigenvalue weighted by atomic mass is 10.0. The molecule has 0 bridgehead atoms. The number of aromatic nitrogens is 3. The molecular formula is C36H41F2N7O8S. The first-order valence-corrected chi connectivity index (χ1v) is 19.6. The van der Waals surface area contributed by atoms with Crippen molar-refractivity contribution in [1.82, 2.24) is 20.4 Å².